The Balaban J connectivity index is 1.60. The van der Waals surface area contributed by atoms with E-state index in [1.54, 1.807) is 6.07 Å². The van der Waals surface area contributed by atoms with Crippen LogP contribution in [0.1, 0.15) is 89.6 Å². The van der Waals surface area contributed by atoms with Crippen molar-refractivity contribution in [2.75, 3.05) is 7.11 Å². The highest BCUT2D eigenvalue weighted by Gasteiger charge is 2.41. The molecule has 3 rings (SSSR count). The molecule has 0 aliphatic heterocycles. The van der Waals surface area contributed by atoms with Crippen molar-refractivity contribution < 1.29 is 24.2 Å². The van der Waals surface area contributed by atoms with Gasteiger partial charge in [0.2, 0.25) is 5.78 Å². The molecule has 1 aromatic carbocycles. The highest BCUT2D eigenvalue weighted by molar-refractivity contribution is 7.13. The third-order valence-corrected chi connectivity index (χ3v) is 7.41. The lowest BCUT2D eigenvalue weighted by molar-refractivity contribution is -0.134. The molecule has 0 bridgehead atoms. The van der Waals surface area contributed by atoms with Gasteiger partial charge in [-0.15, -0.1) is 11.3 Å². The van der Waals surface area contributed by atoms with Gasteiger partial charge in [-0.2, -0.15) is 0 Å². The quantitative estimate of drug-likeness (QED) is 0.278. The van der Waals surface area contributed by atoms with E-state index >= 15 is 0 Å². The molecular weight excluding hydrogens is 424 g/mol. The number of benzene rings is 1. The van der Waals surface area contributed by atoms with Crippen LogP contribution in [0.2, 0.25) is 0 Å². The molecule has 5 nitrogen and oxygen atoms in total. The van der Waals surface area contributed by atoms with Gasteiger partial charge in [0.1, 0.15) is 4.88 Å². The first kappa shape index (κ1) is 24.3. The lowest BCUT2D eigenvalue weighted by Crippen LogP contribution is -2.15. The summed E-state index contributed by atoms with van der Waals surface area (Å²) in [6, 6.07) is 11.3. The standard InChI is InChI=1S/C26H32O5S/c1-3-4-5-9-21(27)17-10-12-18(13-11-17)24-19(16-22(28)25(24)29)7-6-8-20-14-15-23(32-20)26(30)31-2/h10-15,19,21,24,27H,3-9,16H2,1-2H3/t19-,21?,24?/m0/s1. The molecule has 3 atom stereocenters. The van der Waals surface area contributed by atoms with E-state index in [1.807, 2.05) is 30.3 Å². The van der Waals surface area contributed by atoms with E-state index in [1.165, 1.54) is 18.4 Å². The van der Waals surface area contributed by atoms with Crippen molar-refractivity contribution in [3.05, 3.63) is 57.3 Å². The topological polar surface area (TPSA) is 80.7 Å². The zero-order chi connectivity index (χ0) is 23.1. The smallest absolute Gasteiger partial charge is 0.348 e. The Hall–Kier alpha value is -2.31. The molecule has 172 valence electrons. The van der Waals surface area contributed by atoms with Crippen molar-refractivity contribution in [3.63, 3.8) is 0 Å². The normalized spacial score (nSPS) is 19.3. The van der Waals surface area contributed by atoms with Gasteiger partial charge in [0, 0.05) is 11.3 Å². The van der Waals surface area contributed by atoms with E-state index < -0.39 is 12.0 Å². The monoisotopic (exact) mass is 456 g/mol. The van der Waals surface area contributed by atoms with Crippen LogP contribution in [0.5, 0.6) is 0 Å². The fourth-order valence-electron chi connectivity index (χ4n) is 4.48. The minimum atomic E-state index is -0.493. The number of rotatable bonds is 11. The van der Waals surface area contributed by atoms with Crippen molar-refractivity contribution >= 4 is 28.9 Å². The Labute approximate surface area is 193 Å². The first-order valence-electron chi connectivity index (χ1n) is 11.5. The molecule has 2 unspecified atom stereocenters. The fraction of sp³-hybridized carbons (Fsp3) is 0.500. The molecule has 1 aliphatic carbocycles. The highest BCUT2D eigenvalue weighted by Crippen LogP contribution is 2.39. The number of carbonyl (C=O) groups excluding carboxylic acids is 3. The van der Waals surface area contributed by atoms with Gasteiger partial charge in [0.15, 0.2) is 5.78 Å². The molecular formula is C26H32O5S. The number of esters is 1. The number of carbonyl (C=O) groups is 3. The summed E-state index contributed by atoms with van der Waals surface area (Å²) in [5.74, 6) is -1.31. The van der Waals surface area contributed by atoms with Crippen LogP contribution in [-0.2, 0) is 20.7 Å². The molecule has 2 aromatic rings. The number of Topliss-reactive ketones (excluding diaryl/α,β-unsaturated/α-hetero) is 2. The molecule has 0 amide bonds. The number of hydrogen-bond donors (Lipinski definition) is 1. The van der Waals surface area contributed by atoms with Crippen molar-refractivity contribution in [1.82, 2.24) is 0 Å². The van der Waals surface area contributed by atoms with E-state index in [0.717, 1.165) is 60.9 Å². The van der Waals surface area contributed by atoms with Gasteiger partial charge >= 0.3 is 5.97 Å². The Morgan fingerprint density at radius 1 is 1.12 bits per heavy atom. The number of methoxy groups -OCH3 is 1. The van der Waals surface area contributed by atoms with Crippen LogP contribution in [0, 0.1) is 5.92 Å². The first-order valence-corrected chi connectivity index (χ1v) is 12.3. The molecule has 6 heteroatoms. The van der Waals surface area contributed by atoms with Gasteiger partial charge in [-0.05, 0) is 54.9 Å². The molecule has 0 spiro atoms. The van der Waals surface area contributed by atoms with Gasteiger partial charge in [-0.25, -0.2) is 4.79 Å². The van der Waals surface area contributed by atoms with Crippen LogP contribution in [0.25, 0.3) is 0 Å². The Morgan fingerprint density at radius 3 is 2.56 bits per heavy atom. The molecule has 1 aliphatic rings. The van der Waals surface area contributed by atoms with Crippen LogP contribution >= 0.6 is 11.3 Å². The van der Waals surface area contributed by atoms with Crippen molar-refractivity contribution in [2.24, 2.45) is 5.92 Å². The second-order valence-electron chi connectivity index (χ2n) is 8.56. The summed E-state index contributed by atoms with van der Waals surface area (Å²) in [5, 5.41) is 10.4. The van der Waals surface area contributed by atoms with Gasteiger partial charge in [0.05, 0.1) is 19.1 Å². The number of aliphatic hydroxyl groups excluding tert-OH is 1. The zero-order valence-electron chi connectivity index (χ0n) is 18.8. The Kier molecular flexibility index (Phi) is 8.76. The zero-order valence-corrected chi connectivity index (χ0v) is 19.7. The SMILES string of the molecule is CCCCCC(O)c1ccc(C2C(=O)C(=O)C[C@@H]2CCCc2ccc(C(=O)OC)s2)cc1. The molecule has 1 saturated carbocycles. The summed E-state index contributed by atoms with van der Waals surface area (Å²) in [4.78, 5) is 38.1. The lowest BCUT2D eigenvalue weighted by Gasteiger charge is -2.19. The second kappa shape index (κ2) is 11.5. The highest BCUT2D eigenvalue weighted by atomic mass is 32.1. The van der Waals surface area contributed by atoms with E-state index in [9.17, 15) is 19.5 Å². The van der Waals surface area contributed by atoms with Crippen LogP contribution in [0.3, 0.4) is 0 Å². The molecule has 0 radical (unpaired) electrons. The lowest BCUT2D eigenvalue weighted by atomic mass is 9.84. The predicted octanol–water partition coefficient (Wildman–Crippen LogP) is 5.41. The van der Waals surface area contributed by atoms with Gasteiger partial charge in [-0.3, -0.25) is 9.59 Å². The van der Waals surface area contributed by atoms with E-state index in [4.69, 9.17) is 4.74 Å². The third-order valence-electron chi connectivity index (χ3n) is 6.28. The van der Waals surface area contributed by atoms with E-state index in [2.05, 4.69) is 6.92 Å². The van der Waals surface area contributed by atoms with Crippen molar-refractivity contribution in [2.45, 2.75) is 70.3 Å². The largest absolute Gasteiger partial charge is 0.465 e. The number of thiophene rings is 1. The van der Waals surface area contributed by atoms with Gasteiger partial charge < -0.3 is 9.84 Å². The van der Waals surface area contributed by atoms with Gasteiger partial charge in [-0.1, -0.05) is 50.5 Å². The van der Waals surface area contributed by atoms with Crippen LogP contribution in [-0.4, -0.2) is 29.8 Å². The molecule has 1 N–H and O–H groups in total. The fourth-order valence-corrected chi connectivity index (χ4v) is 5.44. The number of aliphatic hydroxyl groups is 1. The maximum absolute atomic E-state index is 12.6. The Morgan fingerprint density at radius 2 is 1.88 bits per heavy atom. The third kappa shape index (κ3) is 5.93. The summed E-state index contributed by atoms with van der Waals surface area (Å²) in [6.07, 6.45) is 6.16. The number of aryl methyl sites for hydroxylation is 1. The molecule has 1 fully saturated rings. The average Bonchev–Trinajstić information content (AvgIpc) is 3.38. The predicted molar refractivity (Wildman–Crippen MR) is 125 cm³/mol. The van der Waals surface area contributed by atoms with Crippen molar-refractivity contribution in [3.8, 4) is 0 Å². The maximum Gasteiger partial charge on any atom is 0.348 e. The maximum atomic E-state index is 12.6. The number of unbranched alkanes of at least 4 members (excludes halogenated alkanes) is 2. The summed E-state index contributed by atoms with van der Waals surface area (Å²) in [7, 11) is 1.37. The average molecular weight is 457 g/mol. The van der Waals surface area contributed by atoms with Crippen molar-refractivity contribution in [1.29, 1.82) is 0 Å². The number of ketones is 2. The Bertz CT molecular complexity index is 930. The minimum absolute atomic E-state index is 0.00429. The second-order valence-corrected chi connectivity index (χ2v) is 9.73. The van der Waals surface area contributed by atoms with E-state index in [-0.39, 0.29) is 23.5 Å². The molecule has 0 saturated heterocycles. The van der Waals surface area contributed by atoms with Crippen LogP contribution < -0.4 is 0 Å². The molecule has 1 aromatic heterocycles. The van der Waals surface area contributed by atoms with Crippen LogP contribution in [0.4, 0.5) is 0 Å². The minimum Gasteiger partial charge on any atom is -0.465 e. The van der Waals surface area contributed by atoms with Gasteiger partial charge in [0.25, 0.3) is 0 Å². The summed E-state index contributed by atoms with van der Waals surface area (Å²) in [5.41, 5.74) is 1.72. The first-order chi connectivity index (χ1) is 15.4. The summed E-state index contributed by atoms with van der Waals surface area (Å²) < 4.78 is 4.75. The summed E-state index contributed by atoms with van der Waals surface area (Å²) in [6.45, 7) is 2.14. The molecule has 1 heterocycles. The van der Waals surface area contributed by atoms with Crippen LogP contribution in [0.15, 0.2) is 36.4 Å². The number of ether oxygens (including phenoxy) is 1. The molecule has 32 heavy (non-hydrogen) atoms. The van der Waals surface area contributed by atoms with E-state index in [0.29, 0.717) is 11.3 Å². The summed E-state index contributed by atoms with van der Waals surface area (Å²) >= 11 is 1.43. The number of hydrogen-bond acceptors (Lipinski definition) is 6.